The van der Waals surface area contributed by atoms with Gasteiger partial charge in [-0.3, -0.25) is 9.36 Å². The molecule has 0 spiro atoms. The first-order valence-electron chi connectivity index (χ1n) is 12.6. The van der Waals surface area contributed by atoms with Crippen LogP contribution >= 0.6 is 11.6 Å². The number of nitrogens with zero attached hydrogens (tertiary/aromatic N) is 3. The van der Waals surface area contributed by atoms with Gasteiger partial charge in [-0.05, 0) is 51.3 Å². The lowest BCUT2D eigenvalue weighted by Gasteiger charge is -2.22. The molecule has 1 fully saturated rings. The summed E-state index contributed by atoms with van der Waals surface area (Å²) in [6.45, 7) is 2.82. The largest absolute Gasteiger partial charge is 0.480 e. The molecule has 0 radical (unpaired) electrons. The van der Waals surface area contributed by atoms with E-state index in [1.807, 2.05) is 0 Å². The number of alkyl halides is 3. The maximum absolute atomic E-state index is 15.4. The number of para-hydroxylation sites is 1. The van der Waals surface area contributed by atoms with Crippen molar-refractivity contribution >= 4 is 23.2 Å². The quantitative estimate of drug-likeness (QED) is 0.319. The topological polar surface area (TPSA) is 96.6 Å². The molecule has 0 bridgehead atoms. The van der Waals surface area contributed by atoms with Gasteiger partial charge in [-0.1, -0.05) is 17.7 Å². The maximum atomic E-state index is 15.4. The molecule has 1 unspecified atom stereocenters. The lowest BCUT2D eigenvalue weighted by atomic mass is 10.1. The van der Waals surface area contributed by atoms with Crippen molar-refractivity contribution in [2.45, 2.75) is 64.8 Å². The molecule has 0 saturated carbocycles. The molecule has 15 heteroatoms. The molecule has 1 saturated heterocycles. The van der Waals surface area contributed by atoms with Crippen LogP contribution in [0.4, 0.5) is 27.6 Å². The second-order valence-electron chi connectivity index (χ2n) is 9.11. The molecule has 222 valence electrons. The van der Waals surface area contributed by atoms with Gasteiger partial charge in [-0.15, -0.1) is 5.10 Å². The molecule has 41 heavy (non-hydrogen) atoms. The van der Waals surface area contributed by atoms with Crippen LogP contribution in [0.5, 0.6) is 5.75 Å². The van der Waals surface area contributed by atoms with E-state index in [0.717, 1.165) is 25.0 Å². The Hall–Kier alpha value is -3.49. The van der Waals surface area contributed by atoms with E-state index in [1.165, 1.54) is 16.7 Å². The van der Waals surface area contributed by atoms with Crippen molar-refractivity contribution in [3.63, 3.8) is 0 Å². The molecule has 2 aromatic carbocycles. The lowest BCUT2D eigenvalue weighted by Crippen LogP contribution is -2.32. The maximum Gasteiger partial charge on any atom is 0.425 e. The first kappa shape index (κ1) is 30.5. The second kappa shape index (κ2) is 12.6. The molecule has 1 aliphatic rings. The molecule has 2 atom stereocenters. The third-order valence-electron chi connectivity index (χ3n) is 6.28. The average molecular weight is 605 g/mol. The number of aromatic nitrogens is 3. The smallest absolute Gasteiger partial charge is 0.425 e. The Morgan fingerprint density at radius 1 is 1.24 bits per heavy atom. The Morgan fingerprint density at radius 2 is 2.00 bits per heavy atom. The minimum atomic E-state index is -4.86. The summed E-state index contributed by atoms with van der Waals surface area (Å²) >= 11 is 5.93. The fourth-order valence-electron chi connectivity index (χ4n) is 4.06. The molecule has 2 heterocycles. The van der Waals surface area contributed by atoms with Gasteiger partial charge in [0.15, 0.2) is 18.2 Å². The SMILES string of the molecule is CCn1c(COC2CCCCO2)nn(-c2cc(O[C@@H](C)C(F)(F)F)c(C(=O)Nc3c(F)cccc3Cl)cc2F)c1=O. The van der Waals surface area contributed by atoms with E-state index in [4.69, 9.17) is 25.8 Å². The number of ether oxygens (including phenoxy) is 3. The highest BCUT2D eigenvalue weighted by Gasteiger charge is 2.39. The van der Waals surface area contributed by atoms with E-state index in [0.29, 0.717) is 30.7 Å². The summed E-state index contributed by atoms with van der Waals surface area (Å²) in [5.74, 6) is -3.94. The number of carbonyl (C=O) groups is 1. The number of amides is 1. The van der Waals surface area contributed by atoms with Crippen LogP contribution in [0.3, 0.4) is 0 Å². The Kier molecular flexibility index (Phi) is 9.34. The minimum absolute atomic E-state index is 0.119. The Morgan fingerprint density at radius 3 is 2.63 bits per heavy atom. The number of benzene rings is 2. The van der Waals surface area contributed by atoms with Gasteiger partial charge < -0.3 is 19.5 Å². The molecular weight excluding hydrogens is 579 g/mol. The van der Waals surface area contributed by atoms with Crippen LogP contribution in [0, 0.1) is 11.6 Å². The molecule has 4 rings (SSSR count). The fourth-order valence-corrected chi connectivity index (χ4v) is 4.27. The molecular formula is C26H26ClF5N4O5. The van der Waals surface area contributed by atoms with Gasteiger partial charge in [-0.25, -0.2) is 13.6 Å². The zero-order valence-corrected chi connectivity index (χ0v) is 22.7. The van der Waals surface area contributed by atoms with Crippen LogP contribution in [0.15, 0.2) is 35.1 Å². The molecule has 1 N–H and O–H groups in total. The first-order valence-corrected chi connectivity index (χ1v) is 13.0. The Labute approximate surface area is 235 Å². The highest BCUT2D eigenvalue weighted by Crippen LogP contribution is 2.32. The highest BCUT2D eigenvalue weighted by atomic mass is 35.5. The number of carbonyl (C=O) groups excluding carboxylic acids is 1. The summed E-state index contributed by atoms with van der Waals surface area (Å²) in [6, 6.07) is 4.85. The summed E-state index contributed by atoms with van der Waals surface area (Å²) in [7, 11) is 0. The van der Waals surface area contributed by atoms with Crippen LogP contribution in [-0.4, -0.2) is 45.4 Å². The number of hydrogen-bond donors (Lipinski definition) is 1. The van der Waals surface area contributed by atoms with E-state index < -0.39 is 64.5 Å². The molecule has 0 aliphatic carbocycles. The summed E-state index contributed by atoms with van der Waals surface area (Å²) in [6.07, 6.45) is -5.36. The summed E-state index contributed by atoms with van der Waals surface area (Å²) < 4.78 is 87.8. The van der Waals surface area contributed by atoms with E-state index in [2.05, 4.69) is 10.4 Å². The minimum Gasteiger partial charge on any atom is -0.480 e. The standard InChI is InChI=1S/C26H26ClF5N4O5/c1-3-35-21(13-40-22-9-4-5-10-39-22)34-36(25(35)38)19-12-20(41-14(2)26(30,31)32)15(11-18(19)29)24(37)33-23-16(27)7-6-8-17(23)28/h6-8,11-12,14,22H,3-5,9-10,13H2,1-2H3,(H,33,37)/t14-,22?/m0/s1. The van der Waals surface area contributed by atoms with Crippen LogP contribution < -0.4 is 15.7 Å². The van der Waals surface area contributed by atoms with Crippen LogP contribution in [-0.2, 0) is 22.6 Å². The van der Waals surface area contributed by atoms with Gasteiger partial charge in [0, 0.05) is 19.2 Å². The van der Waals surface area contributed by atoms with Gasteiger partial charge in [0.2, 0.25) is 0 Å². The predicted molar refractivity (Wildman–Crippen MR) is 137 cm³/mol. The number of rotatable bonds is 9. The summed E-state index contributed by atoms with van der Waals surface area (Å²) in [5.41, 5.74) is -2.56. The monoisotopic (exact) mass is 604 g/mol. The van der Waals surface area contributed by atoms with Crippen molar-refractivity contribution in [3.8, 4) is 11.4 Å². The van der Waals surface area contributed by atoms with Gasteiger partial charge in [0.25, 0.3) is 5.91 Å². The summed E-state index contributed by atoms with van der Waals surface area (Å²) in [5, 5.41) is 6.05. The number of anilines is 1. The molecule has 9 nitrogen and oxygen atoms in total. The molecule has 1 amide bonds. The van der Waals surface area contributed by atoms with Crippen LogP contribution in [0.25, 0.3) is 5.69 Å². The van der Waals surface area contributed by atoms with Crippen molar-refractivity contribution in [1.82, 2.24) is 14.3 Å². The van der Waals surface area contributed by atoms with Gasteiger partial charge >= 0.3 is 11.9 Å². The summed E-state index contributed by atoms with van der Waals surface area (Å²) in [4.78, 5) is 26.1. The van der Waals surface area contributed by atoms with E-state index in [-0.39, 0.29) is 24.0 Å². The van der Waals surface area contributed by atoms with E-state index in [1.54, 1.807) is 6.92 Å². The highest BCUT2D eigenvalue weighted by molar-refractivity contribution is 6.34. The third kappa shape index (κ3) is 6.88. The Bertz CT molecular complexity index is 1450. The van der Waals surface area contributed by atoms with Crippen molar-refractivity contribution in [2.75, 3.05) is 11.9 Å². The normalized spacial score (nSPS) is 16.4. The van der Waals surface area contributed by atoms with Gasteiger partial charge in [-0.2, -0.15) is 17.9 Å². The van der Waals surface area contributed by atoms with E-state index >= 15 is 4.39 Å². The molecule has 1 aromatic heterocycles. The van der Waals surface area contributed by atoms with Crippen molar-refractivity contribution in [3.05, 3.63) is 68.9 Å². The van der Waals surface area contributed by atoms with Crippen molar-refractivity contribution < 1.29 is 41.0 Å². The van der Waals surface area contributed by atoms with Crippen molar-refractivity contribution in [2.24, 2.45) is 0 Å². The zero-order valence-electron chi connectivity index (χ0n) is 21.9. The number of halogens is 6. The van der Waals surface area contributed by atoms with Gasteiger partial charge in [0.05, 0.1) is 16.3 Å². The average Bonchev–Trinajstić information content (AvgIpc) is 3.24. The van der Waals surface area contributed by atoms with Crippen LogP contribution in [0.1, 0.15) is 49.3 Å². The Balaban J connectivity index is 1.74. The lowest BCUT2D eigenvalue weighted by molar-refractivity contribution is -0.189. The zero-order chi connectivity index (χ0) is 29.9. The number of hydrogen-bond acceptors (Lipinski definition) is 6. The molecule has 1 aliphatic heterocycles. The predicted octanol–water partition coefficient (Wildman–Crippen LogP) is 5.61. The third-order valence-corrected chi connectivity index (χ3v) is 6.59. The van der Waals surface area contributed by atoms with Gasteiger partial charge in [0.1, 0.15) is 29.7 Å². The first-order chi connectivity index (χ1) is 19.4. The van der Waals surface area contributed by atoms with Crippen molar-refractivity contribution in [1.29, 1.82) is 0 Å². The number of nitrogens with one attached hydrogen (secondary N) is 1. The molecule has 3 aromatic rings. The van der Waals surface area contributed by atoms with E-state index in [9.17, 15) is 27.2 Å². The fraction of sp³-hybridized carbons (Fsp3) is 0.423. The second-order valence-corrected chi connectivity index (χ2v) is 9.52. The van der Waals surface area contributed by atoms with Crippen LogP contribution in [0.2, 0.25) is 5.02 Å².